The molecule has 0 aliphatic rings. The fourth-order valence-corrected chi connectivity index (χ4v) is 2.08. The number of carbonyl (C=O) groups excluding carboxylic acids is 1. The van der Waals surface area contributed by atoms with Crippen LogP contribution in [0.25, 0.3) is 0 Å². The lowest BCUT2D eigenvalue weighted by Crippen LogP contribution is -2.11. The van der Waals surface area contributed by atoms with E-state index in [1.807, 2.05) is 31.2 Å². The fourth-order valence-electron chi connectivity index (χ4n) is 2.08. The van der Waals surface area contributed by atoms with Gasteiger partial charge in [-0.3, -0.25) is 4.79 Å². The van der Waals surface area contributed by atoms with Crippen LogP contribution in [0, 0.1) is 12.7 Å². The maximum atomic E-state index is 13.2. The molecule has 0 unspecified atom stereocenters. The van der Waals surface area contributed by atoms with Crippen molar-refractivity contribution in [3.05, 3.63) is 77.7 Å². The van der Waals surface area contributed by atoms with Crippen LogP contribution in [0.5, 0.6) is 0 Å². The second-order valence-electron chi connectivity index (χ2n) is 5.23. The maximum absolute atomic E-state index is 13.2. The lowest BCUT2D eigenvalue weighted by Gasteiger charge is -2.08. The minimum Gasteiger partial charge on any atom is -0.339 e. The SMILES string of the molecule is Cc1ccc(Nc2ccc(NC(=O)c3cccc(F)c3)cc2)nn1. The Hall–Kier alpha value is -3.28. The molecule has 0 fully saturated rings. The van der Waals surface area contributed by atoms with E-state index in [-0.39, 0.29) is 11.5 Å². The van der Waals surface area contributed by atoms with Gasteiger partial charge in [0.2, 0.25) is 0 Å². The van der Waals surface area contributed by atoms with E-state index >= 15 is 0 Å². The van der Waals surface area contributed by atoms with Crippen LogP contribution < -0.4 is 10.6 Å². The monoisotopic (exact) mass is 322 g/mol. The van der Waals surface area contributed by atoms with Crippen molar-refractivity contribution in [2.45, 2.75) is 6.92 Å². The van der Waals surface area contributed by atoms with Crippen molar-refractivity contribution < 1.29 is 9.18 Å². The molecule has 0 radical (unpaired) electrons. The van der Waals surface area contributed by atoms with Gasteiger partial charge >= 0.3 is 0 Å². The Morgan fingerprint density at radius 1 is 0.958 bits per heavy atom. The van der Waals surface area contributed by atoms with Crippen LogP contribution in [0.4, 0.5) is 21.6 Å². The summed E-state index contributed by atoms with van der Waals surface area (Å²) in [5, 5.41) is 13.8. The predicted octanol–water partition coefficient (Wildman–Crippen LogP) is 3.92. The Labute approximate surface area is 138 Å². The van der Waals surface area contributed by atoms with E-state index < -0.39 is 5.82 Å². The first-order valence-electron chi connectivity index (χ1n) is 7.34. The van der Waals surface area contributed by atoms with Crippen LogP contribution in [0.3, 0.4) is 0 Å². The molecule has 1 amide bonds. The zero-order chi connectivity index (χ0) is 16.9. The maximum Gasteiger partial charge on any atom is 0.255 e. The molecule has 120 valence electrons. The highest BCUT2D eigenvalue weighted by atomic mass is 19.1. The van der Waals surface area contributed by atoms with Crippen LogP contribution in [0.1, 0.15) is 16.1 Å². The van der Waals surface area contributed by atoms with Gasteiger partial charge in [-0.15, -0.1) is 5.10 Å². The molecule has 1 heterocycles. The summed E-state index contributed by atoms with van der Waals surface area (Å²) in [5.41, 5.74) is 2.55. The van der Waals surface area contributed by atoms with Crippen molar-refractivity contribution in [1.29, 1.82) is 0 Å². The number of nitrogens with zero attached hydrogens (tertiary/aromatic N) is 2. The summed E-state index contributed by atoms with van der Waals surface area (Å²) in [6.45, 7) is 1.87. The van der Waals surface area contributed by atoms with E-state index in [1.54, 1.807) is 18.2 Å². The third kappa shape index (κ3) is 3.92. The van der Waals surface area contributed by atoms with Gasteiger partial charge in [0.1, 0.15) is 5.82 Å². The summed E-state index contributed by atoms with van der Waals surface area (Å²) in [4.78, 5) is 12.1. The Bertz CT molecular complexity index is 848. The Morgan fingerprint density at radius 3 is 2.38 bits per heavy atom. The topological polar surface area (TPSA) is 66.9 Å². The molecule has 3 rings (SSSR count). The van der Waals surface area contributed by atoms with Crippen molar-refractivity contribution in [2.75, 3.05) is 10.6 Å². The summed E-state index contributed by atoms with van der Waals surface area (Å²) in [7, 11) is 0. The number of benzene rings is 2. The molecule has 0 bridgehead atoms. The molecule has 1 aromatic heterocycles. The zero-order valence-electron chi connectivity index (χ0n) is 13.0. The van der Waals surface area contributed by atoms with Crippen molar-refractivity contribution in [2.24, 2.45) is 0 Å². The lowest BCUT2D eigenvalue weighted by atomic mass is 10.2. The van der Waals surface area contributed by atoms with Gasteiger partial charge in [-0.25, -0.2) is 4.39 Å². The average Bonchev–Trinajstić information content (AvgIpc) is 2.59. The number of rotatable bonds is 4. The highest BCUT2D eigenvalue weighted by Crippen LogP contribution is 2.18. The Balaban J connectivity index is 1.66. The quantitative estimate of drug-likeness (QED) is 0.764. The predicted molar refractivity (Wildman–Crippen MR) is 90.8 cm³/mol. The van der Waals surface area contributed by atoms with Crippen molar-refractivity contribution >= 4 is 23.1 Å². The largest absolute Gasteiger partial charge is 0.339 e. The number of aromatic nitrogens is 2. The van der Waals surface area contributed by atoms with Crippen LogP contribution in [0.15, 0.2) is 60.7 Å². The number of carbonyl (C=O) groups is 1. The molecule has 0 atom stereocenters. The number of aryl methyl sites for hydroxylation is 1. The van der Waals surface area contributed by atoms with E-state index in [0.717, 1.165) is 11.4 Å². The molecule has 0 spiro atoms. The fraction of sp³-hybridized carbons (Fsp3) is 0.0556. The Kier molecular flexibility index (Phi) is 4.47. The number of hydrogen-bond acceptors (Lipinski definition) is 4. The second-order valence-corrected chi connectivity index (χ2v) is 5.23. The molecular formula is C18H15FN4O. The number of amides is 1. The standard InChI is InChI=1S/C18H15FN4O/c1-12-5-10-17(23-22-12)20-15-6-8-16(9-7-15)21-18(24)13-3-2-4-14(19)11-13/h2-11H,1H3,(H,20,23)(H,21,24). The van der Waals surface area contributed by atoms with Gasteiger partial charge in [0, 0.05) is 16.9 Å². The number of hydrogen-bond donors (Lipinski definition) is 2. The normalized spacial score (nSPS) is 10.2. The minimum atomic E-state index is -0.443. The van der Waals surface area contributed by atoms with Gasteiger partial charge in [0.25, 0.3) is 5.91 Å². The molecule has 24 heavy (non-hydrogen) atoms. The molecule has 2 aromatic carbocycles. The van der Waals surface area contributed by atoms with E-state index in [1.165, 1.54) is 18.2 Å². The van der Waals surface area contributed by atoms with E-state index in [9.17, 15) is 9.18 Å². The summed E-state index contributed by atoms with van der Waals surface area (Å²) >= 11 is 0. The Morgan fingerprint density at radius 2 is 1.71 bits per heavy atom. The molecule has 5 nitrogen and oxygen atoms in total. The number of anilines is 3. The smallest absolute Gasteiger partial charge is 0.255 e. The van der Waals surface area contributed by atoms with Crippen molar-refractivity contribution in [3.63, 3.8) is 0 Å². The van der Waals surface area contributed by atoms with Gasteiger partial charge in [-0.2, -0.15) is 5.10 Å². The molecule has 3 aromatic rings. The second kappa shape index (κ2) is 6.87. The van der Waals surface area contributed by atoms with Gasteiger partial charge in [-0.05, 0) is 61.5 Å². The zero-order valence-corrected chi connectivity index (χ0v) is 13.0. The molecular weight excluding hydrogens is 307 g/mol. The highest BCUT2D eigenvalue weighted by Gasteiger charge is 2.07. The van der Waals surface area contributed by atoms with Gasteiger partial charge in [0.15, 0.2) is 5.82 Å². The van der Waals surface area contributed by atoms with E-state index in [4.69, 9.17) is 0 Å². The minimum absolute atomic E-state index is 0.270. The molecule has 0 saturated carbocycles. The average molecular weight is 322 g/mol. The first-order chi connectivity index (χ1) is 11.6. The molecule has 6 heteroatoms. The summed E-state index contributed by atoms with van der Waals surface area (Å²) in [6.07, 6.45) is 0. The van der Waals surface area contributed by atoms with Crippen LogP contribution in [0.2, 0.25) is 0 Å². The third-order valence-electron chi connectivity index (χ3n) is 3.30. The lowest BCUT2D eigenvalue weighted by molar-refractivity contribution is 0.102. The summed E-state index contributed by atoms with van der Waals surface area (Å²) in [5.74, 6) is -0.168. The first kappa shape index (κ1) is 15.6. The summed E-state index contributed by atoms with van der Waals surface area (Å²) < 4.78 is 13.2. The van der Waals surface area contributed by atoms with Crippen LogP contribution in [-0.4, -0.2) is 16.1 Å². The third-order valence-corrected chi connectivity index (χ3v) is 3.30. The van der Waals surface area contributed by atoms with E-state index in [2.05, 4.69) is 20.8 Å². The van der Waals surface area contributed by atoms with Gasteiger partial charge in [0.05, 0.1) is 5.69 Å². The van der Waals surface area contributed by atoms with Crippen LogP contribution >= 0.6 is 0 Å². The first-order valence-corrected chi connectivity index (χ1v) is 7.34. The number of nitrogens with one attached hydrogen (secondary N) is 2. The summed E-state index contributed by atoms with van der Waals surface area (Å²) in [6, 6.07) is 16.4. The van der Waals surface area contributed by atoms with Gasteiger partial charge in [-0.1, -0.05) is 6.07 Å². The molecule has 0 aliphatic carbocycles. The molecule has 0 aliphatic heterocycles. The molecule has 0 saturated heterocycles. The van der Waals surface area contributed by atoms with Crippen molar-refractivity contribution in [3.8, 4) is 0 Å². The molecule has 2 N–H and O–H groups in total. The van der Waals surface area contributed by atoms with Crippen molar-refractivity contribution in [1.82, 2.24) is 10.2 Å². The van der Waals surface area contributed by atoms with E-state index in [0.29, 0.717) is 11.5 Å². The number of halogens is 1. The van der Waals surface area contributed by atoms with Crippen LogP contribution in [-0.2, 0) is 0 Å². The highest BCUT2D eigenvalue weighted by molar-refractivity contribution is 6.04. The van der Waals surface area contributed by atoms with Gasteiger partial charge < -0.3 is 10.6 Å².